The van der Waals surface area contributed by atoms with Crippen molar-refractivity contribution in [3.8, 4) is 0 Å². The fourth-order valence-corrected chi connectivity index (χ4v) is 5.12. The number of amides is 1. The number of hydrogen-bond donors (Lipinski definition) is 1. The normalized spacial score (nSPS) is 18.0. The lowest BCUT2D eigenvalue weighted by atomic mass is 10.0. The smallest absolute Gasteiger partial charge is 0.309 e. The van der Waals surface area contributed by atoms with Crippen LogP contribution in [0, 0.1) is 5.92 Å². The highest BCUT2D eigenvalue weighted by Crippen LogP contribution is 2.25. The summed E-state index contributed by atoms with van der Waals surface area (Å²) in [6.07, 6.45) is 1.22. The van der Waals surface area contributed by atoms with E-state index in [1.54, 1.807) is 24.3 Å². The van der Waals surface area contributed by atoms with Crippen LogP contribution in [0.1, 0.15) is 22.5 Å². The third-order valence-corrected chi connectivity index (χ3v) is 7.16. The van der Waals surface area contributed by atoms with Crippen molar-refractivity contribution < 1.29 is 22.7 Å². The average Bonchev–Trinajstić information content (AvgIpc) is 3.23. The van der Waals surface area contributed by atoms with E-state index in [1.807, 2.05) is 5.38 Å². The fraction of sp³-hybridized carbons (Fsp3) is 0.333. The van der Waals surface area contributed by atoms with Crippen molar-refractivity contribution in [2.45, 2.75) is 17.7 Å². The van der Waals surface area contributed by atoms with Crippen LogP contribution in [-0.4, -0.2) is 44.8 Å². The minimum Gasteiger partial charge on any atom is -0.469 e. The average molecular weight is 409 g/mol. The lowest BCUT2D eigenvalue weighted by Gasteiger charge is -2.30. The van der Waals surface area contributed by atoms with Crippen LogP contribution in [0.3, 0.4) is 0 Å². The Hall–Kier alpha value is -2.23. The maximum Gasteiger partial charge on any atom is 0.309 e. The number of piperidine rings is 1. The molecule has 1 aliphatic heterocycles. The minimum absolute atomic E-state index is 0.117. The predicted molar refractivity (Wildman–Crippen MR) is 102 cm³/mol. The van der Waals surface area contributed by atoms with Gasteiger partial charge in [-0.1, -0.05) is 6.07 Å². The number of nitrogens with zero attached hydrogens (tertiary/aromatic N) is 1. The number of esters is 1. The zero-order valence-corrected chi connectivity index (χ0v) is 16.4. The zero-order valence-electron chi connectivity index (χ0n) is 14.8. The highest BCUT2D eigenvalue weighted by Gasteiger charge is 2.33. The molecule has 1 aromatic heterocycles. The second kappa shape index (κ2) is 8.20. The zero-order chi connectivity index (χ0) is 19.4. The Morgan fingerprint density at radius 2 is 1.96 bits per heavy atom. The Bertz CT molecular complexity index is 908. The van der Waals surface area contributed by atoms with Gasteiger partial charge in [-0.3, -0.25) is 9.59 Å². The number of rotatable bonds is 5. The molecule has 3 rings (SSSR count). The van der Waals surface area contributed by atoms with E-state index < -0.39 is 15.9 Å². The summed E-state index contributed by atoms with van der Waals surface area (Å²) in [4.78, 5) is 24.5. The SMILES string of the molecule is COC(=O)[C@@H]1CCCN(S(=O)(=O)c2ccc(NC(=O)c3cccs3)cc2)C1. The van der Waals surface area contributed by atoms with Gasteiger partial charge in [-0.05, 0) is 48.6 Å². The summed E-state index contributed by atoms with van der Waals surface area (Å²) in [5, 5.41) is 4.54. The summed E-state index contributed by atoms with van der Waals surface area (Å²) < 4.78 is 31.8. The molecule has 0 unspecified atom stereocenters. The summed E-state index contributed by atoms with van der Waals surface area (Å²) in [5.41, 5.74) is 0.512. The lowest BCUT2D eigenvalue weighted by molar-refractivity contribution is -0.146. The van der Waals surface area contributed by atoms with Gasteiger partial charge >= 0.3 is 5.97 Å². The van der Waals surface area contributed by atoms with Gasteiger partial charge in [0.05, 0.1) is 22.8 Å². The first-order valence-corrected chi connectivity index (χ1v) is 10.8. The molecule has 1 aliphatic rings. The first-order chi connectivity index (χ1) is 12.9. The lowest BCUT2D eigenvalue weighted by Crippen LogP contribution is -2.42. The number of carbonyl (C=O) groups excluding carboxylic acids is 2. The van der Waals surface area contributed by atoms with E-state index in [1.165, 1.54) is 34.9 Å². The van der Waals surface area contributed by atoms with E-state index >= 15 is 0 Å². The van der Waals surface area contributed by atoms with Crippen LogP contribution < -0.4 is 5.32 Å². The molecule has 7 nitrogen and oxygen atoms in total. The number of carbonyl (C=O) groups is 2. The second-order valence-corrected chi connectivity index (χ2v) is 9.07. The highest BCUT2D eigenvalue weighted by molar-refractivity contribution is 7.89. The van der Waals surface area contributed by atoms with Gasteiger partial charge in [0.25, 0.3) is 5.91 Å². The van der Waals surface area contributed by atoms with E-state index in [4.69, 9.17) is 4.74 Å². The van der Waals surface area contributed by atoms with Crippen molar-refractivity contribution in [1.29, 1.82) is 0 Å². The number of sulfonamides is 1. The Labute approximate surface area is 162 Å². The van der Waals surface area contributed by atoms with E-state index in [9.17, 15) is 18.0 Å². The summed E-state index contributed by atoms with van der Waals surface area (Å²) in [7, 11) is -2.41. The molecule has 0 radical (unpaired) electrons. The minimum atomic E-state index is -3.71. The Morgan fingerprint density at radius 3 is 2.59 bits per heavy atom. The van der Waals surface area contributed by atoms with E-state index in [-0.39, 0.29) is 23.3 Å². The number of ether oxygens (including phenoxy) is 1. The molecule has 0 saturated carbocycles. The first kappa shape index (κ1) is 19.5. The van der Waals surface area contributed by atoms with Gasteiger partial charge in [-0.2, -0.15) is 4.31 Å². The fourth-order valence-electron chi connectivity index (χ4n) is 2.98. The van der Waals surface area contributed by atoms with Crippen LogP contribution in [0.5, 0.6) is 0 Å². The van der Waals surface area contributed by atoms with Gasteiger partial charge in [0.15, 0.2) is 0 Å². The summed E-state index contributed by atoms with van der Waals surface area (Å²) in [5.74, 6) is -1.07. The Morgan fingerprint density at radius 1 is 1.22 bits per heavy atom. The molecular formula is C18H20N2O5S2. The molecule has 1 amide bonds. The van der Waals surface area contributed by atoms with Gasteiger partial charge < -0.3 is 10.1 Å². The number of thiophene rings is 1. The van der Waals surface area contributed by atoms with Gasteiger partial charge in [0, 0.05) is 18.8 Å². The maximum absolute atomic E-state index is 12.9. The third kappa shape index (κ3) is 4.37. The molecule has 1 fully saturated rings. The maximum atomic E-state index is 12.9. The molecule has 1 atom stereocenters. The molecule has 1 N–H and O–H groups in total. The standard InChI is InChI=1S/C18H20N2O5S2/c1-25-18(22)13-4-2-10-20(12-13)27(23,24)15-8-6-14(7-9-15)19-17(21)16-5-3-11-26-16/h3,5-9,11,13H,2,4,10,12H2,1H3,(H,19,21)/t13-/m1/s1. The molecule has 2 aromatic rings. The predicted octanol–water partition coefficient (Wildman–Crippen LogP) is 2.57. The summed E-state index contributed by atoms with van der Waals surface area (Å²) in [6.45, 7) is 0.485. The van der Waals surface area contributed by atoms with Crippen LogP contribution in [0.25, 0.3) is 0 Å². The molecule has 0 aliphatic carbocycles. The molecule has 2 heterocycles. The van der Waals surface area contributed by atoms with E-state index in [0.29, 0.717) is 30.0 Å². The molecular weight excluding hydrogens is 388 g/mol. The number of benzene rings is 1. The summed E-state index contributed by atoms with van der Waals surface area (Å²) in [6, 6.07) is 9.53. The first-order valence-electron chi connectivity index (χ1n) is 8.44. The van der Waals surface area contributed by atoms with Crippen molar-refractivity contribution in [1.82, 2.24) is 4.31 Å². The molecule has 144 valence electrons. The largest absolute Gasteiger partial charge is 0.469 e. The number of methoxy groups -OCH3 is 1. The van der Waals surface area contributed by atoms with E-state index in [2.05, 4.69) is 5.32 Å². The second-order valence-electron chi connectivity index (χ2n) is 6.18. The van der Waals surface area contributed by atoms with Crippen molar-refractivity contribution in [3.05, 3.63) is 46.7 Å². The van der Waals surface area contributed by atoms with Gasteiger partial charge in [-0.15, -0.1) is 11.3 Å². The molecule has 1 saturated heterocycles. The van der Waals surface area contributed by atoms with Gasteiger partial charge in [-0.25, -0.2) is 8.42 Å². The van der Waals surface area contributed by atoms with Crippen LogP contribution in [0.15, 0.2) is 46.7 Å². The van der Waals surface area contributed by atoms with E-state index in [0.717, 1.165) is 0 Å². The molecule has 27 heavy (non-hydrogen) atoms. The van der Waals surface area contributed by atoms with Crippen LogP contribution in [0.2, 0.25) is 0 Å². The Kier molecular flexibility index (Phi) is 5.93. The summed E-state index contributed by atoms with van der Waals surface area (Å²) >= 11 is 1.33. The van der Waals surface area contributed by atoms with Crippen molar-refractivity contribution >= 4 is 38.9 Å². The molecule has 0 spiro atoms. The molecule has 0 bridgehead atoms. The topological polar surface area (TPSA) is 92.8 Å². The monoisotopic (exact) mass is 408 g/mol. The Balaban J connectivity index is 1.71. The van der Waals surface area contributed by atoms with Crippen LogP contribution in [-0.2, 0) is 19.6 Å². The van der Waals surface area contributed by atoms with Gasteiger partial charge in [0.2, 0.25) is 10.0 Å². The molecule has 1 aromatic carbocycles. The number of nitrogens with one attached hydrogen (secondary N) is 1. The number of hydrogen-bond acceptors (Lipinski definition) is 6. The van der Waals surface area contributed by atoms with Crippen molar-refractivity contribution in [2.75, 3.05) is 25.5 Å². The quantitative estimate of drug-likeness (QED) is 0.768. The van der Waals surface area contributed by atoms with Crippen molar-refractivity contribution in [2.24, 2.45) is 5.92 Å². The van der Waals surface area contributed by atoms with Gasteiger partial charge in [0.1, 0.15) is 0 Å². The molecule has 9 heteroatoms. The number of anilines is 1. The van der Waals surface area contributed by atoms with Crippen LogP contribution >= 0.6 is 11.3 Å². The van der Waals surface area contributed by atoms with Crippen LogP contribution in [0.4, 0.5) is 5.69 Å². The third-order valence-electron chi connectivity index (χ3n) is 4.41. The van der Waals surface area contributed by atoms with Crippen molar-refractivity contribution in [3.63, 3.8) is 0 Å². The highest BCUT2D eigenvalue weighted by atomic mass is 32.2.